The first-order valence-electron chi connectivity index (χ1n) is 8.78. The standard InChI is InChI=1S/C20H23N3O3S/c1-11(2)18-22-19-17(20(25)23(18)8-7-16(21)24)14(10-27-19)13-5-6-15(26-4)12(3)9-13/h5-6,9-11H,7-8H2,1-4H3,(H2,21,24). The largest absolute Gasteiger partial charge is 0.496 e. The van der Waals surface area contributed by atoms with Crippen molar-refractivity contribution in [1.82, 2.24) is 9.55 Å². The van der Waals surface area contributed by atoms with Crippen molar-refractivity contribution in [2.24, 2.45) is 5.73 Å². The normalized spacial score (nSPS) is 11.3. The van der Waals surface area contributed by atoms with Crippen LogP contribution in [0.3, 0.4) is 0 Å². The minimum absolute atomic E-state index is 0.0590. The van der Waals surface area contributed by atoms with Crippen LogP contribution < -0.4 is 16.0 Å². The third kappa shape index (κ3) is 3.60. The Bertz CT molecular complexity index is 1070. The topological polar surface area (TPSA) is 87.2 Å². The molecule has 0 aliphatic carbocycles. The van der Waals surface area contributed by atoms with Crippen LogP contribution >= 0.6 is 11.3 Å². The van der Waals surface area contributed by atoms with Gasteiger partial charge in [-0.3, -0.25) is 14.2 Å². The number of aromatic nitrogens is 2. The molecule has 0 aliphatic rings. The van der Waals surface area contributed by atoms with Crippen LogP contribution in [0, 0.1) is 6.92 Å². The maximum absolute atomic E-state index is 13.3. The van der Waals surface area contributed by atoms with Crippen LogP contribution in [0.25, 0.3) is 21.3 Å². The molecule has 0 aliphatic heterocycles. The summed E-state index contributed by atoms with van der Waals surface area (Å²) in [5.41, 5.74) is 7.95. The molecule has 0 spiro atoms. The summed E-state index contributed by atoms with van der Waals surface area (Å²) in [4.78, 5) is 30.0. The summed E-state index contributed by atoms with van der Waals surface area (Å²) in [6, 6.07) is 5.84. The number of amides is 1. The van der Waals surface area contributed by atoms with Crippen molar-refractivity contribution in [3.05, 3.63) is 45.3 Å². The van der Waals surface area contributed by atoms with Gasteiger partial charge >= 0.3 is 0 Å². The number of hydrogen-bond donors (Lipinski definition) is 1. The van der Waals surface area contributed by atoms with E-state index >= 15 is 0 Å². The zero-order valence-electron chi connectivity index (χ0n) is 15.9. The van der Waals surface area contributed by atoms with Crippen molar-refractivity contribution in [1.29, 1.82) is 0 Å². The maximum Gasteiger partial charge on any atom is 0.262 e. The molecule has 0 unspecified atom stereocenters. The number of ether oxygens (including phenoxy) is 1. The van der Waals surface area contributed by atoms with Gasteiger partial charge in [-0.25, -0.2) is 4.98 Å². The van der Waals surface area contributed by atoms with Crippen LogP contribution in [0.2, 0.25) is 0 Å². The van der Waals surface area contributed by atoms with Crippen LogP contribution in [0.1, 0.15) is 37.6 Å². The van der Waals surface area contributed by atoms with E-state index in [1.165, 1.54) is 11.3 Å². The Hall–Kier alpha value is -2.67. The second-order valence-corrected chi connectivity index (χ2v) is 7.67. The molecule has 0 saturated carbocycles. The number of nitrogens with two attached hydrogens (primary N) is 1. The van der Waals surface area contributed by atoms with Crippen LogP contribution in [0.4, 0.5) is 0 Å². The molecule has 7 heteroatoms. The van der Waals surface area contributed by atoms with Gasteiger partial charge in [-0.15, -0.1) is 11.3 Å². The Kier molecular flexibility index (Phi) is 5.32. The van der Waals surface area contributed by atoms with E-state index < -0.39 is 5.91 Å². The predicted octanol–water partition coefficient (Wildman–Crippen LogP) is 3.44. The first kappa shape index (κ1) is 19.1. The van der Waals surface area contributed by atoms with E-state index in [1.54, 1.807) is 11.7 Å². The van der Waals surface area contributed by atoms with Crippen molar-refractivity contribution in [2.45, 2.75) is 39.7 Å². The van der Waals surface area contributed by atoms with Crippen LogP contribution in [0.5, 0.6) is 5.75 Å². The fraction of sp³-hybridized carbons (Fsp3) is 0.350. The first-order chi connectivity index (χ1) is 12.8. The van der Waals surface area contributed by atoms with Crippen molar-refractivity contribution in [3.8, 4) is 16.9 Å². The third-order valence-corrected chi connectivity index (χ3v) is 5.40. The van der Waals surface area contributed by atoms with E-state index in [9.17, 15) is 9.59 Å². The highest BCUT2D eigenvalue weighted by atomic mass is 32.1. The number of methoxy groups -OCH3 is 1. The number of thiophene rings is 1. The lowest BCUT2D eigenvalue weighted by Gasteiger charge is -2.14. The van der Waals surface area contributed by atoms with Gasteiger partial charge in [0.2, 0.25) is 5.91 Å². The quantitative estimate of drug-likeness (QED) is 0.704. The average Bonchev–Trinajstić information content (AvgIpc) is 3.04. The molecule has 1 aromatic carbocycles. The molecule has 0 fully saturated rings. The molecule has 0 bridgehead atoms. The number of nitrogens with zero attached hydrogens (tertiary/aromatic N) is 2. The molecular weight excluding hydrogens is 362 g/mol. The van der Waals surface area contributed by atoms with E-state index in [-0.39, 0.29) is 24.4 Å². The van der Waals surface area contributed by atoms with E-state index in [1.807, 2.05) is 44.4 Å². The Labute approximate surface area is 161 Å². The lowest BCUT2D eigenvalue weighted by Crippen LogP contribution is -2.28. The monoisotopic (exact) mass is 385 g/mol. The smallest absolute Gasteiger partial charge is 0.262 e. The summed E-state index contributed by atoms with van der Waals surface area (Å²) >= 11 is 1.46. The molecule has 6 nitrogen and oxygen atoms in total. The second kappa shape index (κ2) is 7.52. The number of fused-ring (bicyclic) bond motifs is 1. The van der Waals surface area contributed by atoms with E-state index in [2.05, 4.69) is 0 Å². The predicted molar refractivity (Wildman–Crippen MR) is 109 cm³/mol. The summed E-state index contributed by atoms with van der Waals surface area (Å²) in [6.07, 6.45) is 0.105. The molecular formula is C20H23N3O3S. The van der Waals surface area contributed by atoms with E-state index in [0.29, 0.717) is 16.0 Å². The molecule has 27 heavy (non-hydrogen) atoms. The van der Waals surface area contributed by atoms with Gasteiger partial charge in [0.05, 0.1) is 12.5 Å². The van der Waals surface area contributed by atoms with Crippen molar-refractivity contribution >= 4 is 27.5 Å². The molecule has 142 valence electrons. The molecule has 0 radical (unpaired) electrons. The molecule has 0 atom stereocenters. The molecule has 2 aromatic heterocycles. The summed E-state index contributed by atoms with van der Waals surface area (Å²) in [7, 11) is 1.64. The maximum atomic E-state index is 13.3. The molecule has 2 N–H and O–H groups in total. The zero-order valence-corrected chi connectivity index (χ0v) is 16.7. The number of benzene rings is 1. The van der Waals surface area contributed by atoms with Crippen LogP contribution in [-0.4, -0.2) is 22.6 Å². The van der Waals surface area contributed by atoms with E-state index in [0.717, 1.165) is 22.4 Å². The van der Waals surface area contributed by atoms with Crippen LogP contribution in [0.15, 0.2) is 28.4 Å². The SMILES string of the molecule is COc1ccc(-c2csc3nc(C(C)C)n(CCC(N)=O)c(=O)c23)cc1C. The van der Waals surface area contributed by atoms with Gasteiger partial charge in [0.25, 0.3) is 5.56 Å². The van der Waals surface area contributed by atoms with Gasteiger partial charge in [-0.2, -0.15) is 0 Å². The highest BCUT2D eigenvalue weighted by Gasteiger charge is 2.19. The van der Waals surface area contributed by atoms with Gasteiger partial charge in [0.15, 0.2) is 0 Å². The Morgan fingerprint density at radius 2 is 2.11 bits per heavy atom. The summed E-state index contributed by atoms with van der Waals surface area (Å²) in [5, 5.41) is 2.54. The van der Waals surface area contributed by atoms with Gasteiger partial charge < -0.3 is 10.5 Å². The number of carbonyl (C=O) groups is 1. The molecule has 0 saturated heterocycles. The Morgan fingerprint density at radius 3 is 2.70 bits per heavy atom. The Balaban J connectivity index is 2.22. The second-order valence-electron chi connectivity index (χ2n) is 6.81. The van der Waals surface area contributed by atoms with Gasteiger partial charge in [-0.05, 0) is 30.2 Å². The molecule has 3 rings (SSSR count). The zero-order chi connectivity index (χ0) is 19.7. The highest BCUT2D eigenvalue weighted by Crippen LogP contribution is 2.34. The summed E-state index contributed by atoms with van der Waals surface area (Å²) < 4.78 is 6.91. The fourth-order valence-electron chi connectivity index (χ4n) is 3.18. The first-order valence-corrected chi connectivity index (χ1v) is 9.66. The third-order valence-electron chi connectivity index (χ3n) is 4.53. The number of carbonyl (C=O) groups excluding carboxylic acids is 1. The number of aryl methyl sites for hydroxylation is 1. The van der Waals surface area contributed by atoms with Crippen molar-refractivity contribution in [2.75, 3.05) is 7.11 Å². The molecule has 3 aromatic rings. The minimum atomic E-state index is -0.437. The number of hydrogen-bond acceptors (Lipinski definition) is 5. The Morgan fingerprint density at radius 1 is 1.37 bits per heavy atom. The lowest BCUT2D eigenvalue weighted by atomic mass is 10.0. The van der Waals surface area contributed by atoms with E-state index in [4.69, 9.17) is 15.5 Å². The molecule has 1 amide bonds. The van der Waals surface area contributed by atoms with Gasteiger partial charge in [0, 0.05) is 29.8 Å². The lowest BCUT2D eigenvalue weighted by molar-refractivity contribution is -0.118. The highest BCUT2D eigenvalue weighted by molar-refractivity contribution is 7.17. The summed E-state index contributed by atoms with van der Waals surface area (Å²) in [5.74, 6) is 1.10. The fourth-order valence-corrected chi connectivity index (χ4v) is 4.12. The average molecular weight is 385 g/mol. The minimum Gasteiger partial charge on any atom is -0.496 e. The number of primary amides is 1. The van der Waals surface area contributed by atoms with Crippen LogP contribution in [-0.2, 0) is 11.3 Å². The van der Waals surface area contributed by atoms with Gasteiger partial charge in [0.1, 0.15) is 16.4 Å². The van der Waals surface area contributed by atoms with Gasteiger partial charge in [-0.1, -0.05) is 19.9 Å². The van der Waals surface area contributed by atoms with Crippen molar-refractivity contribution < 1.29 is 9.53 Å². The summed E-state index contributed by atoms with van der Waals surface area (Å²) in [6.45, 7) is 6.17. The van der Waals surface area contributed by atoms with Crippen molar-refractivity contribution in [3.63, 3.8) is 0 Å². The number of rotatable bonds is 6. The molecule has 2 heterocycles.